The summed E-state index contributed by atoms with van der Waals surface area (Å²) in [7, 11) is 3.13. The fourth-order valence-corrected chi connectivity index (χ4v) is 3.83. The zero-order chi connectivity index (χ0) is 21.1. The fraction of sp³-hybridized carbons (Fsp3) is 0.0909. The predicted octanol–water partition coefficient (Wildman–Crippen LogP) is 5.51. The first-order chi connectivity index (χ1) is 14.6. The minimum Gasteiger partial charge on any atom is -0.497 e. The highest BCUT2D eigenvalue weighted by Crippen LogP contribution is 2.35. The van der Waals surface area contributed by atoms with Crippen molar-refractivity contribution in [3.05, 3.63) is 70.3 Å². The SMILES string of the molecule is COc1ccc(N=C2NC(=O)C(=Cc3ccc(-c4cccc(Cl)c4)o3)S2)c(OC)c1. The van der Waals surface area contributed by atoms with Gasteiger partial charge in [-0.1, -0.05) is 23.7 Å². The van der Waals surface area contributed by atoms with Gasteiger partial charge in [0, 0.05) is 22.7 Å². The molecule has 6 nitrogen and oxygen atoms in total. The van der Waals surface area contributed by atoms with Crippen LogP contribution in [0.5, 0.6) is 11.5 Å². The Balaban J connectivity index is 1.56. The van der Waals surface area contributed by atoms with Crippen molar-refractivity contribution in [1.29, 1.82) is 0 Å². The van der Waals surface area contributed by atoms with Gasteiger partial charge in [0.05, 0.1) is 19.1 Å². The summed E-state index contributed by atoms with van der Waals surface area (Å²) in [5, 5.41) is 3.84. The van der Waals surface area contributed by atoms with E-state index in [1.165, 1.54) is 11.8 Å². The number of methoxy groups -OCH3 is 2. The van der Waals surface area contributed by atoms with Crippen LogP contribution in [-0.4, -0.2) is 25.3 Å². The molecule has 0 bridgehead atoms. The largest absolute Gasteiger partial charge is 0.497 e. The Morgan fingerprint density at radius 3 is 2.73 bits per heavy atom. The lowest BCUT2D eigenvalue weighted by molar-refractivity contribution is -0.115. The number of thioether (sulfide) groups is 1. The van der Waals surface area contributed by atoms with E-state index in [1.54, 1.807) is 50.6 Å². The van der Waals surface area contributed by atoms with Gasteiger partial charge in [-0.15, -0.1) is 0 Å². The molecule has 3 aromatic rings. The molecule has 1 saturated heterocycles. The second kappa shape index (κ2) is 8.69. The minimum absolute atomic E-state index is 0.244. The van der Waals surface area contributed by atoms with Gasteiger partial charge in [-0.05, 0) is 48.2 Å². The van der Waals surface area contributed by atoms with E-state index in [0.29, 0.717) is 43.8 Å². The molecule has 1 N–H and O–H groups in total. The molecule has 2 aromatic carbocycles. The highest BCUT2D eigenvalue weighted by molar-refractivity contribution is 8.18. The van der Waals surface area contributed by atoms with Crippen LogP contribution in [-0.2, 0) is 4.79 Å². The van der Waals surface area contributed by atoms with Crippen molar-refractivity contribution >= 4 is 46.2 Å². The first-order valence-electron chi connectivity index (χ1n) is 8.93. The lowest BCUT2D eigenvalue weighted by atomic mass is 10.2. The van der Waals surface area contributed by atoms with Crippen LogP contribution in [0.2, 0.25) is 5.02 Å². The number of halogens is 1. The van der Waals surface area contributed by atoms with Crippen molar-refractivity contribution < 1.29 is 18.7 Å². The number of furan rings is 1. The molecule has 0 unspecified atom stereocenters. The average Bonchev–Trinajstić information content (AvgIpc) is 3.35. The Kier molecular flexibility index (Phi) is 5.83. The maximum atomic E-state index is 12.4. The molecular formula is C22H17ClN2O4S. The highest BCUT2D eigenvalue weighted by atomic mass is 35.5. The number of nitrogens with one attached hydrogen (secondary N) is 1. The first kappa shape index (κ1) is 20.1. The Morgan fingerprint density at radius 1 is 1.10 bits per heavy atom. The Labute approximate surface area is 182 Å². The monoisotopic (exact) mass is 440 g/mol. The second-order valence-corrected chi connectivity index (χ2v) is 7.70. The Morgan fingerprint density at radius 2 is 1.97 bits per heavy atom. The summed E-state index contributed by atoms with van der Waals surface area (Å²) in [6, 6.07) is 16.3. The van der Waals surface area contributed by atoms with Crippen molar-refractivity contribution in [2.45, 2.75) is 0 Å². The van der Waals surface area contributed by atoms with Crippen LogP contribution in [0.15, 0.2) is 68.9 Å². The topological polar surface area (TPSA) is 73.1 Å². The summed E-state index contributed by atoms with van der Waals surface area (Å²) in [4.78, 5) is 17.3. The number of carbonyl (C=O) groups is 1. The minimum atomic E-state index is -0.244. The van der Waals surface area contributed by atoms with Gasteiger partial charge in [0.25, 0.3) is 5.91 Å². The van der Waals surface area contributed by atoms with Gasteiger partial charge >= 0.3 is 0 Å². The van der Waals surface area contributed by atoms with E-state index >= 15 is 0 Å². The molecule has 0 saturated carbocycles. The maximum absolute atomic E-state index is 12.4. The molecule has 1 aliphatic rings. The number of amides is 1. The molecule has 0 aliphatic carbocycles. The zero-order valence-electron chi connectivity index (χ0n) is 16.1. The van der Waals surface area contributed by atoms with Gasteiger partial charge in [-0.3, -0.25) is 4.79 Å². The first-order valence-corrected chi connectivity index (χ1v) is 10.1. The zero-order valence-corrected chi connectivity index (χ0v) is 17.7. The molecule has 8 heteroatoms. The molecule has 1 fully saturated rings. The van der Waals surface area contributed by atoms with Gasteiger partial charge in [0.15, 0.2) is 5.17 Å². The Hall–Kier alpha value is -3.16. The molecule has 152 valence electrons. The van der Waals surface area contributed by atoms with Crippen LogP contribution in [0.3, 0.4) is 0 Å². The van der Waals surface area contributed by atoms with E-state index in [1.807, 2.05) is 24.3 Å². The van der Waals surface area contributed by atoms with Crippen LogP contribution >= 0.6 is 23.4 Å². The number of ether oxygens (including phenoxy) is 2. The van der Waals surface area contributed by atoms with E-state index in [-0.39, 0.29) is 5.91 Å². The maximum Gasteiger partial charge on any atom is 0.264 e. The van der Waals surface area contributed by atoms with Crippen molar-refractivity contribution in [2.24, 2.45) is 4.99 Å². The number of hydrogen-bond acceptors (Lipinski definition) is 6. The summed E-state index contributed by atoms with van der Waals surface area (Å²) >= 11 is 7.27. The lowest BCUT2D eigenvalue weighted by Gasteiger charge is -2.07. The van der Waals surface area contributed by atoms with Gasteiger partial charge in [0.2, 0.25) is 0 Å². The summed E-state index contributed by atoms with van der Waals surface area (Å²) in [5.41, 5.74) is 1.45. The van der Waals surface area contributed by atoms with E-state index < -0.39 is 0 Å². The molecule has 1 amide bonds. The molecule has 1 aliphatic heterocycles. The van der Waals surface area contributed by atoms with Crippen LogP contribution in [0.4, 0.5) is 5.69 Å². The summed E-state index contributed by atoms with van der Waals surface area (Å²) < 4.78 is 16.4. The number of benzene rings is 2. The van der Waals surface area contributed by atoms with Crippen LogP contribution in [0.1, 0.15) is 5.76 Å². The van der Waals surface area contributed by atoms with Gasteiger partial charge in [-0.25, -0.2) is 4.99 Å². The molecule has 0 spiro atoms. The molecule has 0 radical (unpaired) electrons. The third-order valence-electron chi connectivity index (χ3n) is 4.27. The fourth-order valence-electron chi connectivity index (χ4n) is 2.82. The Bertz CT molecular complexity index is 1170. The number of rotatable bonds is 5. The average molecular weight is 441 g/mol. The summed E-state index contributed by atoms with van der Waals surface area (Å²) in [6.07, 6.45) is 1.68. The number of amidine groups is 1. The standard InChI is InChI=1S/C22H17ClN2O4S/c1-27-15-6-8-17(19(11-15)28-2)24-22-25-21(26)20(30-22)12-16-7-9-18(29-16)13-4-3-5-14(23)10-13/h3-12H,1-2H3,(H,24,25,26). The predicted molar refractivity (Wildman–Crippen MR) is 120 cm³/mol. The number of nitrogens with zero attached hydrogens (tertiary/aromatic N) is 1. The summed E-state index contributed by atoms with van der Waals surface area (Å²) in [6.45, 7) is 0. The highest BCUT2D eigenvalue weighted by Gasteiger charge is 2.25. The lowest BCUT2D eigenvalue weighted by Crippen LogP contribution is -2.19. The van der Waals surface area contributed by atoms with E-state index in [4.69, 9.17) is 25.5 Å². The van der Waals surface area contributed by atoms with E-state index in [9.17, 15) is 4.79 Å². The third-order valence-corrected chi connectivity index (χ3v) is 5.41. The van der Waals surface area contributed by atoms with Crippen LogP contribution in [0.25, 0.3) is 17.4 Å². The smallest absolute Gasteiger partial charge is 0.264 e. The third kappa shape index (κ3) is 4.37. The molecule has 0 atom stereocenters. The second-order valence-electron chi connectivity index (χ2n) is 6.23. The van der Waals surface area contributed by atoms with E-state index in [2.05, 4.69) is 10.3 Å². The van der Waals surface area contributed by atoms with E-state index in [0.717, 1.165) is 5.56 Å². The van der Waals surface area contributed by atoms with Gasteiger partial charge in [0.1, 0.15) is 28.7 Å². The van der Waals surface area contributed by atoms with Crippen molar-refractivity contribution in [3.8, 4) is 22.8 Å². The quantitative estimate of drug-likeness (QED) is 0.529. The van der Waals surface area contributed by atoms with Crippen LogP contribution < -0.4 is 14.8 Å². The number of hydrogen-bond donors (Lipinski definition) is 1. The van der Waals surface area contributed by atoms with Crippen molar-refractivity contribution in [3.63, 3.8) is 0 Å². The normalized spacial score (nSPS) is 16.2. The van der Waals surface area contributed by atoms with Crippen molar-refractivity contribution in [2.75, 3.05) is 14.2 Å². The molecular weight excluding hydrogens is 424 g/mol. The molecule has 2 heterocycles. The van der Waals surface area contributed by atoms with Crippen LogP contribution in [0, 0.1) is 0 Å². The molecule has 30 heavy (non-hydrogen) atoms. The van der Waals surface area contributed by atoms with Gasteiger partial charge in [-0.2, -0.15) is 0 Å². The summed E-state index contributed by atoms with van der Waals surface area (Å²) in [5.74, 6) is 2.20. The molecule has 1 aromatic heterocycles. The van der Waals surface area contributed by atoms with Gasteiger partial charge < -0.3 is 19.2 Å². The number of aliphatic imine (C=N–C) groups is 1. The number of carbonyl (C=O) groups excluding carboxylic acids is 1. The van der Waals surface area contributed by atoms with Crippen molar-refractivity contribution in [1.82, 2.24) is 5.32 Å². The molecule has 4 rings (SSSR count).